The maximum Gasteiger partial charge on any atom is 0.238 e. The van der Waals surface area contributed by atoms with E-state index < -0.39 is 0 Å². The zero-order valence-corrected chi connectivity index (χ0v) is 10.7. The fourth-order valence-electron chi connectivity index (χ4n) is 1.45. The predicted molar refractivity (Wildman–Crippen MR) is 67.6 cm³/mol. The van der Waals surface area contributed by atoms with Crippen molar-refractivity contribution in [2.45, 2.75) is 6.61 Å². The summed E-state index contributed by atoms with van der Waals surface area (Å²) in [6, 6.07) is 8.44. The smallest absolute Gasteiger partial charge is 0.238 e. The lowest BCUT2D eigenvalue weighted by atomic mass is 10.3. The molecule has 1 aromatic carbocycles. The number of hydrogen-bond acceptors (Lipinski definition) is 6. The molecule has 0 aliphatic rings. The SMILES string of the molecule is COc1cc(OC)cc(Oc2ccc(CO)nn2)c1. The zero-order valence-electron chi connectivity index (χ0n) is 10.7. The molecule has 0 saturated heterocycles. The Bertz CT molecular complexity index is 521. The Balaban J connectivity index is 2.21. The molecule has 6 nitrogen and oxygen atoms in total. The molecule has 0 radical (unpaired) electrons. The van der Waals surface area contributed by atoms with E-state index in [2.05, 4.69) is 10.2 Å². The molecule has 1 N–H and O–H groups in total. The monoisotopic (exact) mass is 262 g/mol. The maximum absolute atomic E-state index is 8.88. The van der Waals surface area contributed by atoms with E-state index in [1.807, 2.05) is 0 Å². The van der Waals surface area contributed by atoms with Crippen molar-refractivity contribution in [1.82, 2.24) is 10.2 Å². The van der Waals surface area contributed by atoms with Gasteiger partial charge in [-0.1, -0.05) is 0 Å². The molecule has 2 rings (SSSR count). The minimum absolute atomic E-state index is 0.153. The summed E-state index contributed by atoms with van der Waals surface area (Å²) < 4.78 is 15.8. The molecule has 0 atom stereocenters. The first-order chi connectivity index (χ1) is 9.25. The average molecular weight is 262 g/mol. The van der Waals surface area contributed by atoms with Gasteiger partial charge >= 0.3 is 0 Å². The summed E-state index contributed by atoms with van der Waals surface area (Å²) in [4.78, 5) is 0. The van der Waals surface area contributed by atoms with Crippen molar-refractivity contribution in [2.24, 2.45) is 0 Å². The molecular formula is C13H14N2O4. The van der Waals surface area contributed by atoms with Gasteiger partial charge in [-0.2, -0.15) is 0 Å². The molecular weight excluding hydrogens is 248 g/mol. The zero-order chi connectivity index (χ0) is 13.7. The Morgan fingerprint density at radius 2 is 1.58 bits per heavy atom. The summed E-state index contributed by atoms with van der Waals surface area (Å²) in [5.74, 6) is 2.10. The van der Waals surface area contributed by atoms with E-state index in [-0.39, 0.29) is 6.61 Å². The van der Waals surface area contributed by atoms with Gasteiger partial charge in [0.05, 0.1) is 26.5 Å². The quantitative estimate of drug-likeness (QED) is 0.885. The number of aliphatic hydroxyl groups excluding tert-OH is 1. The molecule has 1 aromatic heterocycles. The second-order valence-corrected chi connectivity index (χ2v) is 3.67. The second kappa shape index (κ2) is 6.01. The van der Waals surface area contributed by atoms with Crippen molar-refractivity contribution in [3.8, 4) is 23.1 Å². The summed E-state index contributed by atoms with van der Waals surface area (Å²) >= 11 is 0. The average Bonchev–Trinajstić information content (AvgIpc) is 2.47. The third-order valence-electron chi connectivity index (χ3n) is 2.40. The van der Waals surface area contributed by atoms with E-state index in [9.17, 15) is 0 Å². The number of rotatable bonds is 5. The highest BCUT2D eigenvalue weighted by Gasteiger charge is 2.05. The van der Waals surface area contributed by atoms with Crippen LogP contribution in [0, 0.1) is 0 Å². The van der Waals surface area contributed by atoms with E-state index >= 15 is 0 Å². The van der Waals surface area contributed by atoms with Gasteiger partial charge in [-0.25, -0.2) is 0 Å². The van der Waals surface area contributed by atoms with E-state index in [0.717, 1.165) is 0 Å². The van der Waals surface area contributed by atoms with Crippen LogP contribution in [-0.4, -0.2) is 29.5 Å². The molecule has 0 spiro atoms. The highest BCUT2D eigenvalue weighted by Crippen LogP contribution is 2.29. The van der Waals surface area contributed by atoms with E-state index in [4.69, 9.17) is 19.3 Å². The lowest BCUT2D eigenvalue weighted by Crippen LogP contribution is -1.95. The molecule has 0 fully saturated rings. The van der Waals surface area contributed by atoms with Crippen LogP contribution >= 0.6 is 0 Å². The van der Waals surface area contributed by atoms with Crippen LogP contribution in [0.2, 0.25) is 0 Å². The molecule has 0 bridgehead atoms. The molecule has 0 saturated carbocycles. The highest BCUT2D eigenvalue weighted by atomic mass is 16.5. The van der Waals surface area contributed by atoms with Crippen molar-refractivity contribution in [3.05, 3.63) is 36.0 Å². The van der Waals surface area contributed by atoms with Gasteiger partial charge in [-0.3, -0.25) is 0 Å². The summed E-state index contributed by atoms with van der Waals surface area (Å²) in [5, 5.41) is 16.5. The predicted octanol–water partition coefficient (Wildman–Crippen LogP) is 1.78. The van der Waals surface area contributed by atoms with Gasteiger partial charge in [-0.15, -0.1) is 10.2 Å². The van der Waals surface area contributed by atoms with Crippen LogP contribution in [-0.2, 0) is 6.61 Å². The van der Waals surface area contributed by atoms with E-state index in [0.29, 0.717) is 28.8 Å². The van der Waals surface area contributed by atoms with Crippen LogP contribution in [0.25, 0.3) is 0 Å². The van der Waals surface area contributed by atoms with Crippen molar-refractivity contribution in [1.29, 1.82) is 0 Å². The number of nitrogens with zero attached hydrogens (tertiary/aromatic N) is 2. The number of ether oxygens (including phenoxy) is 3. The summed E-state index contributed by atoms with van der Waals surface area (Å²) in [6.45, 7) is -0.153. The number of aliphatic hydroxyl groups is 1. The topological polar surface area (TPSA) is 73.7 Å². The van der Waals surface area contributed by atoms with Crippen molar-refractivity contribution >= 4 is 0 Å². The van der Waals surface area contributed by atoms with Gasteiger partial charge in [0.2, 0.25) is 5.88 Å². The maximum atomic E-state index is 8.88. The lowest BCUT2D eigenvalue weighted by Gasteiger charge is -2.09. The van der Waals surface area contributed by atoms with Crippen LogP contribution in [0.1, 0.15) is 5.69 Å². The summed E-state index contributed by atoms with van der Waals surface area (Å²) in [5.41, 5.74) is 0.482. The first-order valence-electron chi connectivity index (χ1n) is 5.59. The Hall–Kier alpha value is -2.34. The van der Waals surface area contributed by atoms with E-state index in [1.165, 1.54) is 0 Å². The molecule has 0 amide bonds. The van der Waals surface area contributed by atoms with Crippen molar-refractivity contribution < 1.29 is 19.3 Å². The number of methoxy groups -OCH3 is 2. The molecule has 1 heterocycles. The van der Waals surface area contributed by atoms with Crippen LogP contribution in [0.15, 0.2) is 30.3 Å². The third-order valence-corrected chi connectivity index (χ3v) is 2.40. The number of hydrogen-bond donors (Lipinski definition) is 1. The van der Waals surface area contributed by atoms with E-state index in [1.54, 1.807) is 44.6 Å². The summed E-state index contributed by atoms with van der Waals surface area (Å²) in [7, 11) is 3.13. The molecule has 100 valence electrons. The summed E-state index contributed by atoms with van der Waals surface area (Å²) in [6.07, 6.45) is 0. The van der Waals surface area contributed by atoms with Gasteiger partial charge in [0.1, 0.15) is 17.2 Å². The van der Waals surface area contributed by atoms with Crippen LogP contribution in [0.3, 0.4) is 0 Å². The molecule has 0 aliphatic carbocycles. The molecule has 0 unspecified atom stereocenters. The molecule has 2 aromatic rings. The van der Waals surface area contributed by atoms with Gasteiger partial charge in [0.15, 0.2) is 0 Å². The van der Waals surface area contributed by atoms with Gasteiger partial charge in [0, 0.05) is 24.3 Å². The minimum atomic E-state index is -0.153. The van der Waals surface area contributed by atoms with Gasteiger partial charge in [0.25, 0.3) is 0 Å². The fourth-order valence-corrected chi connectivity index (χ4v) is 1.45. The minimum Gasteiger partial charge on any atom is -0.496 e. The van der Waals surface area contributed by atoms with Crippen LogP contribution < -0.4 is 14.2 Å². The Kier molecular flexibility index (Phi) is 4.15. The number of aromatic nitrogens is 2. The first-order valence-corrected chi connectivity index (χ1v) is 5.59. The number of benzene rings is 1. The molecule has 6 heteroatoms. The third kappa shape index (κ3) is 3.32. The standard InChI is InChI=1S/C13H14N2O4/c1-17-10-5-11(18-2)7-12(6-10)19-13-4-3-9(8-16)14-15-13/h3-7,16H,8H2,1-2H3. The fraction of sp³-hybridized carbons (Fsp3) is 0.231. The van der Waals surface area contributed by atoms with Crippen molar-refractivity contribution in [3.63, 3.8) is 0 Å². The lowest BCUT2D eigenvalue weighted by molar-refractivity contribution is 0.274. The van der Waals surface area contributed by atoms with Crippen molar-refractivity contribution in [2.75, 3.05) is 14.2 Å². The molecule has 0 aliphatic heterocycles. The van der Waals surface area contributed by atoms with Gasteiger partial charge < -0.3 is 19.3 Å². The Morgan fingerprint density at radius 3 is 2.05 bits per heavy atom. The highest BCUT2D eigenvalue weighted by molar-refractivity contribution is 5.43. The Morgan fingerprint density at radius 1 is 0.947 bits per heavy atom. The first kappa shape index (κ1) is 13.1. The Labute approximate surface area is 110 Å². The second-order valence-electron chi connectivity index (χ2n) is 3.67. The normalized spacial score (nSPS) is 10.1. The molecule has 19 heavy (non-hydrogen) atoms. The van der Waals surface area contributed by atoms with Crippen LogP contribution in [0.4, 0.5) is 0 Å². The van der Waals surface area contributed by atoms with Gasteiger partial charge in [-0.05, 0) is 6.07 Å². The largest absolute Gasteiger partial charge is 0.496 e. The van der Waals surface area contributed by atoms with Crippen LogP contribution in [0.5, 0.6) is 23.1 Å².